The number of carbonyl (C=O) groups excluding carboxylic acids is 2. The van der Waals surface area contributed by atoms with Crippen LogP contribution in [0.1, 0.15) is 27.2 Å². The molecule has 2 N–H and O–H groups in total. The van der Waals surface area contributed by atoms with E-state index in [9.17, 15) is 9.59 Å². The van der Waals surface area contributed by atoms with Gasteiger partial charge in [0.15, 0.2) is 6.07 Å². The smallest absolute Gasteiger partial charge is 0.408 e. The summed E-state index contributed by atoms with van der Waals surface area (Å²) in [5.74, 6) is 0. The van der Waals surface area contributed by atoms with Crippen LogP contribution in [0.2, 0.25) is 0 Å². The molecule has 0 radical (unpaired) electrons. The van der Waals surface area contributed by atoms with Gasteiger partial charge in [0.05, 0.1) is 0 Å². The van der Waals surface area contributed by atoms with Crippen LogP contribution < -0.4 is 10.6 Å². The number of alkyl carbamates (subject to hydrolysis) is 2. The fraction of sp³-hybridized carbons (Fsp3) is 0.800. The monoisotopic (exact) mass is 266 g/mol. The van der Waals surface area contributed by atoms with Gasteiger partial charge >= 0.3 is 12.2 Å². The average molecular weight is 267 g/mol. The zero-order valence-electron chi connectivity index (χ0n) is 10.3. The second kappa shape index (κ2) is 8.00. The van der Waals surface area contributed by atoms with Gasteiger partial charge < -0.3 is 20.1 Å². The summed E-state index contributed by atoms with van der Waals surface area (Å²) in [4.78, 5) is 22.0. The Morgan fingerprint density at radius 3 is 2.12 bits per heavy atom. The Kier molecular flexibility index (Phi) is 7.45. The van der Waals surface area contributed by atoms with Crippen molar-refractivity contribution in [2.75, 3.05) is 19.2 Å². The Morgan fingerprint density at radius 1 is 1.12 bits per heavy atom. The summed E-state index contributed by atoms with van der Waals surface area (Å²) in [6.45, 7) is 6.17. The third-order valence-corrected chi connectivity index (χ3v) is 1.59. The SMILES string of the molecule is CC(C)(C)OC(=O)NCCCNC(=O)OCCl. The lowest BCUT2D eigenvalue weighted by atomic mass is 10.2. The molecule has 6 nitrogen and oxygen atoms in total. The number of carbonyl (C=O) groups is 2. The third kappa shape index (κ3) is 11.1. The minimum Gasteiger partial charge on any atom is -0.444 e. The number of nitrogens with one attached hydrogen (secondary N) is 2. The molecule has 0 aliphatic carbocycles. The van der Waals surface area contributed by atoms with Gasteiger partial charge in [0.2, 0.25) is 0 Å². The van der Waals surface area contributed by atoms with E-state index in [1.807, 2.05) is 0 Å². The van der Waals surface area contributed by atoms with Gasteiger partial charge in [0.25, 0.3) is 0 Å². The van der Waals surface area contributed by atoms with Crippen LogP contribution in [0.25, 0.3) is 0 Å². The predicted molar refractivity (Wildman–Crippen MR) is 64.1 cm³/mol. The standard InChI is InChI=1S/C10H19ClN2O4/c1-10(2,3)17-9(15)13-6-4-5-12-8(14)16-7-11/h4-7H2,1-3H3,(H,12,14)(H,13,15). The largest absolute Gasteiger partial charge is 0.444 e. The number of halogens is 1. The normalized spacial score (nSPS) is 10.6. The minimum absolute atomic E-state index is 0.179. The van der Waals surface area contributed by atoms with Crippen molar-refractivity contribution in [3.8, 4) is 0 Å². The van der Waals surface area contributed by atoms with E-state index >= 15 is 0 Å². The fourth-order valence-corrected chi connectivity index (χ4v) is 0.983. The second-order valence-electron chi connectivity index (χ2n) is 4.25. The molecule has 0 aliphatic rings. The number of rotatable bonds is 5. The summed E-state index contributed by atoms with van der Waals surface area (Å²) in [7, 11) is 0. The second-order valence-corrected chi connectivity index (χ2v) is 4.47. The van der Waals surface area contributed by atoms with Crippen LogP contribution >= 0.6 is 11.6 Å². The summed E-state index contributed by atoms with van der Waals surface area (Å²) in [5.41, 5.74) is -0.507. The molecule has 2 amide bonds. The van der Waals surface area contributed by atoms with Crippen LogP contribution in [0.5, 0.6) is 0 Å². The van der Waals surface area contributed by atoms with Gasteiger partial charge in [0.1, 0.15) is 5.60 Å². The number of alkyl halides is 1. The van der Waals surface area contributed by atoms with Gasteiger partial charge in [-0.15, -0.1) is 0 Å². The van der Waals surface area contributed by atoms with Crippen LogP contribution in [0.4, 0.5) is 9.59 Å². The molecule has 0 heterocycles. The third-order valence-electron chi connectivity index (χ3n) is 1.48. The Labute approximate surface area is 106 Å². The average Bonchev–Trinajstić information content (AvgIpc) is 2.14. The van der Waals surface area contributed by atoms with Gasteiger partial charge in [-0.3, -0.25) is 0 Å². The molecule has 0 atom stereocenters. The van der Waals surface area contributed by atoms with E-state index in [0.29, 0.717) is 19.5 Å². The summed E-state index contributed by atoms with van der Waals surface area (Å²) in [5, 5.41) is 5.03. The molecular weight excluding hydrogens is 248 g/mol. The van der Waals surface area contributed by atoms with Crippen LogP contribution in [0.3, 0.4) is 0 Å². The topological polar surface area (TPSA) is 76.7 Å². The summed E-state index contributed by atoms with van der Waals surface area (Å²) < 4.78 is 9.46. The fourth-order valence-electron chi connectivity index (χ4n) is 0.884. The van der Waals surface area contributed by atoms with Crippen LogP contribution in [0, 0.1) is 0 Å². The highest BCUT2D eigenvalue weighted by Crippen LogP contribution is 2.06. The molecular formula is C10H19ClN2O4. The number of hydrogen-bond donors (Lipinski definition) is 2. The molecule has 0 bridgehead atoms. The maximum absolute atomic E-state index is 11.2. The van der Waals surface area contributed by atoms with Gasteiger partial charge in [0, 0.05) is 13.1 Å². The van der Waals surface area contributed by atoms with E-state index in [0.717, 1.165) is 0 Å². The minimum atomic E-state index is -0.572. The van der Waals surface area contributed by atoms with Crippen LogP contribution in [-0.2, 0) is 9.47 Å². The van der Waals surface area contributed by atoms with Gasteiger partial charge in [-0.1, -0.05) is 11.6 Å². The molecule has 0 fully saturated rings. The molecule has 0 rings (SSSR count). The zero-order valence-corrected chi connectivity index (χ0v) is 11.1. The van der Waals surface area contributed by atoms with Crippen molar-refractivity contribution in [3.63, 3.8) is 0 Å². The lowest BCUT2D eigenvalue weighted by Gasteiger charge is -2.19. The molecule has 0 saturated heterocycles. The molecule has 0 unspecified atom stereocenters. The van der Waals surface area contributed by atoms with E-state index in [-0.39, 0.29) is 6.07 Å². The lowest BCUT2D eigenvalue weighted by Crippen LogP contribution is -2.34. The number of hydrogen-bond acceptors (Lipinski definition) is 4. The first kappa shape index (κ1) is 15.8. The molecule has 7 heteroatoms. The molecule has 0 aromatic heterocycles. The zero-order chi connectivity index (χ0) is 13.3. The first-order valence-electron chi connectivity index (χ1n) is 5.28. The van der Waals surface area contributed by atoms with E-state index in [1.54, 1.807) is 20.8 Å². The highest BCUT2D eigenvalue weighted by Gasteiger charge is 2.15. The predicted octanol–water partition coefficient (Wildman–Crippen LogP) is 1.82. The van der Waals surface area contributed by atoms with Crippen molar-refractivity contribution in [1.29, 1.82) is 0 Å². The summed E-state index contributed by atoms with van der Waals surface area (Å²) in [6.07, 6.45) is -0.463. The highest BCUT2D eigenvalue weighted by molar-refractivity contribution is 6.17. The van der Waals surface area contributed by atoms with Crippen molar-refractivity contribution in [2.24, 2.45) is 0 Å². The van der Waals surface area contributed by atoms with Gasteiger partial charge in [-0.2, -0.15) is 0 Å². The van der Waals surface area contributed by atoms with E-state index in [4.69, 9.17) is 16.3 Å². The Balaban J connectivity index is 3.46. The van der Waals surface area contributed by atoms with E-state index in [2.05, 4.69) is 15.4 Å². The Bertz CT molecular complexity index is 253. The first-order chi connectivity index (χ1) is 7.85. The van der Waals surface area contributed by atoms with Crippen molar-refractivity contribution in [2.45, 2.75) is 32.8 Å². The van der Waals surface area contributed by atoms with Crippen molar-refractivity contribution in [3.05, 3.63) is 0 Å². The van der Waals surface area contributed by atoms with Crippen molar-refractivity contribution >= 4 is 23.8 Å². The Morgan fingerprint density at radius 2 is 1.65 bits per heavy atom. The van der Waals surface area contributed by atoms with Crippen molar-refractivity contribution in [1.82, 2.24) is 10.6 Å². The Hall–Kier alpha value is -1.17. The maximum atomic E-state index is 11.2. The highest BCUT2D eigenvalue weighted by atomic mass is 35.5. The van der Waals surface area contributed by atoms with Crippen molar-refractivity contribution < 1.29 is 19.1 Å². The van der Waals surface area contributed by atoms with Gasteiger partial charge in [-0.25, -0.2) is 9.59 Å². The molecule has 0 aromatic rings. The first-order valence-corrected chi connectivity index (χ1v) is 5.82. The molecule has 0 saturated carbocycles. The molecule has 0 spiro atoms. The van der Waals surface area contributed by atoms with E-state index < -0.39 is 17.8 Å². The molecule has 17 heavy (non-hydrogen) atoms. The maximum Gasteiger partial charge on any atom is 0.408 e. The summed E-state index contributed by atoms with van der Waals surface area (Å²) >= 11 is 5.18. The molecule has 0 aliphatic heterocycles. The molecule has 0 aromatic carbocycles. The van der Waals surface area contributed by atoms with Crippen LogP contribution in [-0.4, -0.2) is 36.9 Å². The van der Waals surface area contributed by atoms with E-state index in [1.165, 1.54) is 0 Å². The van der Waals surface area contributed by atoms with Gasteiger partial charge in [-0.05, 0) is 27.2 Å². The quantitative estimate of drug-likeness (QED) is 0.588. The summed E-state index contributed by atoms with van der Waals surface area (Å²) in [6, 6.07) is -0.179. The molecule has 100 valence electrons. The van der Waals surface area contributed by atoms with Crippen LogP contribution in [0.15, 0.2) is 0 Å². The number of ether oxygens (including phenoxy) is 2. The number of amides is 2. The lowest BCUT2D eigenvalue weighted by molar-refractivity contribution is 0.0527.